The topological polar surface area (TPSA) is 30.5 Å². The van der Waals surface area contributed by atoms with Gasteiger partial charge in [-0.1, -0.05) is 6.92 Å². The second kappa shape index (κ2) is 6.80. The summed E-state index contributed by atoms with van der Waals surface area (Å²) in [6.45, 7) is 3.20. The Balaban J connectivity index is 1.94. The van der Waals surface area contributed by atoms with Gasteiger partial charge in [-0.15, -0.1) is 0 Å². The zero-order chi connectivity index (χ0) is 13.7. The van der Waals surface area contributed by atoms with Gasteiger partial charge in [0.2, 0.25) is 0 Å². The first kappa shape index (κ1) is 14.2. The van der Waals surface area contributed by atoms with Gasteiger partial charge in [0.25, 0.3) is 0 Å². The van der Waals surface area contributed by atoms with Crippen LogP contribution in [0.2, 0.25) is 0 Å². The minimum Gasteiger partial charge on any atom is -0.497 e. The van der Waals surface area contributed by atoms with E-state index in [0.29, 0.717) is 6.04 Å². The predicted octanol–water partition coefficient (Wildman–Crippen LogP) is 3.37. The molecule has 1 aliphatic rings. The van der Waals surface area contributed by atoms with Crippen LogP contribution in [-0.2, 0) is 6.54 Å². The third kappa shape index (κ3) is 3.87. The molecule has 0 bridgehead atoms. The SMILES string of the molecule is COc1ccc(OC)c(CNC2CCC(C)CC2)c1. The minimum absolute atomic E-state index is 0.645. The number of nitrogens with one attached hydrogen (secondary N) is 1. The van der Waals surface area contributed by atoms with Crippen LogP contribution in [0, 0.1) is 5.92 Å². The van der Waals surface area contributed by atoms with Crippen molar-refractivity contribution in [2.75, 3.05) is 14.2 Å². The van der Waals surface area contributed by atoms with Gasteiger partial charge in [0.1, 0.15) is 11.5 Å². The van der Waals surface area contributed by atoms with E-state index in [1.54, 1.807) is 14.2 Å². The predicted molar refractivity (Wildman–Crippen MR) is 77.8 cm³/mol. The maximum atomic E-state index is 5.41. The molecule has 0 radical (unpaired) electrons. The summed E-state index contributed by atoms with van der Waals surface area (Å²) in [5.41, 5.74) is 1.17. The quantitative estimate of drug-likeness (QED) is 0.883. The molecule has 3 nitrogen and oxygen atoms in total. The second-order valence-corrected chi connectivity index (χ2v) is 5.52. The molecule has 0 heterocycles. The third-order valence-corrected chi connectivity index (χ3v) is 4.08. The lowest BCUT2D eigenvalue weighted by Gasteiger charge is -2.27. The molecule has 0 aromatic heterocycles. The van der Waals surface area contributed by atoms with Gasteiger partial charge in [-0.25, -0.2) is 0 Å². The molecule has 106 valence electrons. The van der Waals surface area contributed by atoms with Gasteiger partial charge in [0.15, 0.2) is 0 Å². The number of hydrogen-bond donors (Lipinski definition) is 1. The molecule has 1 aliphatic carbocycles. The van der Waals surface area contributed by atoms with Gasteiger partial charge in [0.05, 0.1) is 14.2 Å². The van der Waals surface area contributed by atoms with Crippen molar-refractivity contribution in [3.05, 3.63) is 23.8 Å². The van der Waals surface area contributed by atoms with Crippen LogP contribution in [0.15, 0.2) is 18.2 Å². The number of benzene rings is 1. The summed E-state index contributed by atoms with van der Waals surface area (Å²) in [4.78, 5) is 0. The average Bonchev–Trinajstić information content (AvgIpc) is 2.46. The summed E-state index contributed by atoms with van der Waals surface area (Å²) in [6, 6.07) is 6.60. The smallest absolute Gasteiger partial charge is 0.123 e. The largest absolute Gasteiger partial charge is 0.497 e. The van der Waals surface area contributed by atoms with Crippen molar-refractivity contribution in [3.63, 3.8) is 0 Å². The molecule has 2 rings (SSSR count). The van der Waals surface area contributed by atoms with E-state index in [1.807, 2.05) is 12.1 Å². The summed E-state index contributed by atoms with van der Waals surface area (Å²) in [7, 11) is 3.41. The molecular weight excluding hydrogens is 238 g/mol. The minimum atomic E-state index is 0.645. The fraction of sp³-hybridized carbons (Fsp3) is 0.625. The van der Waals surface area contributed by atoms with Crippen molar-refractivity contribution >= 4 is 0 Å². The highest BCUT2D eigenvalue weighted by Crippen LogP contribution is 2.26. The number of rotatable bonds is 5. The van der Waals surface area contributed by atoms with Crippen LogP contribution >= 0.6 is 0 Å². The Morgan fingerprint density at radius 1 is 1.11 bits per heavy atom. The van der Waals surface area contributed by atoms with Crippen molar-refractivity contribution in [2.45, 2.75) is 45.2 Å². The van der Waals surface area contributed by atoms with E-state index in [-0.39, 0.29) is 0 Å². The summed E-state index contributed by atoms with van der Waals surface area (Å²) >= 11 is 0. The standard InChI is InChI=1S/C16H25NO2/c1-12-4-6-14(7-5-12)17-11-13-10-15(18-2)8-9-16(13)19-3/h8-10,12,14,17H,4-7,11H2,1-3H3. The van der Waals surface area contributed by atoms with E-state index in [2.05, 4.69) is 18.3 Å². The maximum absolute atomic E-state index is 5.41. The molecule has 1 saturated carbocycles. The lowest BCUT2D eigenvalue weighted by molar-refractivity contribution is 0.305. The average molecular weight is 263 g/mol. The van der Waals surface area contributed by atoms with E-state index < -0.39 is 0 Å². The number of hydrogen-bond acceptors (Lipinski definition) is 3. The van der Waals surface area contributed by atoms with Crippen molar-refractivity contribution < 1.29 is 9.47 Å². The van der Waals surface area contributed by atoms with Crippen molar-refractivity contribution in [2.24, 2.45) is 5.92 Å². The monoisotopic (exact) mass is 263 g/mol. The molecule has 0 saturated heterocycles. The van der Waals surface area contributed by atoms with Gasteiger partial charge in [-0.3, -0.25) is 0 Å². The van der Waals surface area contributed by atoms with Crippen LogP contribution in [-0.4, -0.2) is 20.3 Å². The highest BCUT2D eigenvalue weighted by Gasteiger charge is 2.18. The molecule has 0 aliphatic heterocycles. The first-order valence-electron chi connectivity index (χ1n) is 7.17. The zero-order valence-corrected chi connectivity index (χ0v) is 12.2. The molecule has 0 atom stereocenters. The second-order valence-electron chi connectivity index (χ2n) is 5.52. The molecule has 0 unspecified atom stereocenters. The summed E-state index contributed by atoms with van der Waals surface area (Å²) in [6.07, 6.45) is 5.25. The first-order valence-corrected chi connectivity index (χ1v) is 7.17. The number of ether oxygens (including phenoxy) is 2. The van der Waals surface area contributed by atoms with E-state index in [9.17, 15) is 0 Å². The first-order chi connectivity index (χ1) is 9.22. The van der Waals surface area contributed by atoms with Gasteiger partial charge < -0.3 is 14.8 Å². The maximum Gasteiger partial charge on any atom is 0.123 e. The normalized spacial score (nSPS) is 23.1. The third-order valence-electron chi connectivity index (χ3n) is 4.08. The molecule has 1 aromatic carbocycles. The van der Waals surface area contributed by atoms with Crippen LogP contribution in [0.3, 0.4) is 0 Å². The van der Waals surface area contributed by atoms with E-state index >= 15 is 0 Å². The summed E-state index contributed by atoms with van der Waals surface area (Å²) in [5.74, 6) is 2.71. The van der Waals surface area contributed by atoms with Crippen molar-refractivity contribution in [1.29, 1.82) is 0 Å². The molecule has 1 aromatic rings. The van der Waals surface area contributed by atoms with Crippen molar-refractivity contribution in [1.82, 2.24) is 5.32 Å². The van der Waals surface area contributed by atoms with Gasteiger partial charge in [-0.05, 0) is 49.8 Å². The Morgan fingerprint density at radius 3 is 2.47 bits per heavy atom. The van der Waals surface area contributed by atoms with E-state index in [1.165, 1.54) is 31.2 Å². The molecule has 0 amide bonds. The van der Waals surface area contributed by atoms with E-state index in [0.717, 1.165) is 24.0 Å². The van der Waals surface area contributed by atoms with Crippen molar-refractivity contribution in [3.8, 4) is 11.5 Å². The summed E-state index contributed by atoms with van der Waals surface area (Å²) < 4.78 is 10.7. The highest BCUT2D eigenvalue weighted by molar-refractivity contribution is 5.40. The molecule has 19 heavy (non-hydrogen) atoms. The van der Waals surface area contributed by atoms with E-state index in [4.69, 9.17) is 9.47 Å². The van der Waals surface area contributed by atoms with Crippen LogP contribution < -0.4 is 14.8 Å². The Morgan fingerprint density at radius 2 is 1.84 bits per heavy atom. The molecule has 0 spiro atoms. The lowest BCUT2D eigenvalue weighted by Crippen LogP contribution is -2.32. The van der Waals surface area contributed by atoms with Gasteiger partial charge >= 0.3 is 0 Å². The van der Waals surface area contributed by atoms with Gasteiger partial charge in [0, 0.05) is 18.2 Å². The lowest BCUT2D eigenvalue weighted by atomic mass is 9.87. The fourth-order valence-corrected chi connectivity index (χ4v) is 2.74. The Labute approximate surface area is 116 Å². The zero-order valence-electron chi connectivity index (χ0n) is 12.2. The molecular formula is C16H25NO2. The van der Waals surface area contributed by atoms with Gasteiger partial charge in [-0.2, -0.15) is 0 Å². The fourth-order valence-electron chi connectivity index (χ4n) is 2.74. The molecule has 1 N–H and O–H groups in total. The van der Waals surface area contributed by atoms with Crippen LogP contribution in [0.1, 0.15) is 38.2 Å². The van der Waals surface area contributed by atoms with Crippen LogP contribution in [0.5, 0.6) is 11.5 Å². The summed E-state index contributed by atoms with van der Waals surface area (Å²) in [5, 5.41) is 3.65. The number of methoxy groups -OCH3 is 2. The Bertz CT molecular complexity index is 398. The molecule has 3 heteroatoms. The Hall–Kier alpha value is -1.22. The Kier molecular flexibility index (Phi) is 5.08. The highest BCUT2D eigenvalue weighted by atomic mass is 16.5. The molecule has 1 fully saturated rings. The van der Waals surface area contributed by atoms with Crippen LogP contribution in [0.4, 0.5) is 0 Å². The van der Waals surface area contributed by atoms with Crippen LogP contribution in [0.25, 0.3) is 0 Å².